The minimum atomic E-state index is -0.181. The minimum Gasteiger partial charge on any atom is -0.494 e. The van der Waals surface area contributed by atoms with E-state index < -0.39 is 0 Å². The van der Waals surface area contributed by atoms with E-state index in [1.165, 1.54) is 5.56 Å². The van der Waals surface area contributed by atoms with E-state index in [0.717, 1.165) is 25.4 Å². The van der Waals surface area contributed by atoms with Crippen LogP contribution in [0, 0.1) is 5.92 Å². The second kappa shape index (κ2) is 5.72. The van der Waals surface area contributed by atoms with Gasteiger partial charge in [0, 0.05) is 11.3 Å². The van der Waals surface area contributed by atoms with Crippen LogP contribution in [0.3, 0.4) is 0 Å². The van der Waals surface area contributed by atoms with Gasteiger partial charge in [-0.1, -0.05) is 19.1 Å². The third-order valence-electron chi connectivity index (χ3n) is 3.66. The first-order valence-corrected chi connectivity index (χ1v) is 6.60. The average Bonchev–Trinajstić information content (AvgIpc) is 2.35. The molecule has 1 unspecified atom stereocenters. The van der Waals surface area contributed by atoms with E-state index in [9.17, 15) is 5.11 Å². The van der Waals surface area contributed by atoms with Gasteiger partial charge in [0.05, 0.1) is 26.4 Å². The van der Waals surface area contributed by atoms with Crippen LogP contribution in [0.2, 0.25) is 0 Å². The number of aliphatic hydroxyl groups is 1. The standard InChI is InChI=1S/C15H22O3/c1-3-18-14-6-4-13(5-7-14)15(2,11-16)8-12-9-17-10-12/h4-7,12,16H,3,8-11H2,1-2H3. The molecule has 1 atom stereocenters. The molecule has 3 nitrogen and oxygen atoms in total. The number of benzene rings is 1. The van der Waals surface area contributed by atoms with Gasteiger partial charge in [-0.25, -0.2) is 0 Å². The van der Waals surface area contributed by atoms with Crippen LogP contribution in [0.1, 0.15) is 25.8 Å². The Hall–Kier alpha value is -1.06. The molecule has 18 heavy (non-hydrogen) atoms. The van der Waals surface area contributed by atoms with Crippen molar-refractivity contribution in [2.24, 2.45) is 5.92 Å². The molecule has 0 saturated carbocycles. The van der Waals surface area contributed by atoms with Crippen molar-refractivity contribution in [1.82, 2.24) is 0 Å². The van der Waals surface area contributed by atoms with Crippen LogP contribution in [0.4, 0.5) is 0 Å². The molecule has 0 aromatic heterocycles. The molecule has 1 N–H and O–H groups in total. The zero-order valence-corrected chi connectivity index (χ0v) is 11.2. The lowest BCUT2D eigenvalue weighted by molar-refractivity contribution is -0.0485. The Bertz CT molecular complexity index is 370. The highest BCUT2D eigenvalue weighted by atomic mass is 16.5. The van der Waals surface area contributed by atoms with Crippen molar-refractivity contribution in [3.63, 3.8) is 0 Å². The Morgan fingerprint density at radius 3 is 2.44 bits per heavy atom. The molecule has 2 rings (SSSR count). The van der Waals surface area contributed by atoms with Crippen molar-refractivity contribution in [2.75, 3.05) is 26.4 Å². The molecule has 0 spiro atoms. The van der Waals surface area contributed by atoms with Crippen molar-refractivity contribution in [3.8, 4) is 5.75 Å². The molecule has 1 saturated heterocycles. The first-order chi connectivity index (χ1) is 8.68. The molecule has 1 aromatic carbocycles. The van der Waals surface area contributed by atoms with E-state index in [0.29, 0.717) is 12.5 Å². The van der Waals surface area contributed by atoms with E-state index in [-0.39, 0.29) is 12.0 Å². The van der Waals surface area contributed by atoms with Gasteiger partial charge in [0.25, 0.3) is 0 Å². The SMILES string of the molecule is CCOc1ccc(C(C)(CO)CC2COC2)cc1. The summed E-state index contributed by atoms with van der Waals surface area (Å²) in [6.07, 6.45) is 0.970. The summed E-state index contributed by atoms with van der Waals surface area (Å²) >= 11 is 0. The third kappa shape index (κ3) is 2.85. The Labute approximate surface area is 109 Å². The van der Waals surface area contributed by atoms with Crippen LogP contribution < -0.4 is 4.74 Å². The summed E-state index contributed by atoms with van der Waals surface area (Å²) in [7, 11) is 0. The maximum absolute atomic E-state index is 9.71. The smallest absolute Gasteiger partial charge is 0.119 e. The molecular weight excluding hydrogens is 228 g/mol. The van der Waals surface area contributed by atoms with Crippen LogP contribution >= 0.6 is 0 Å². The van der Waals surface area contributed by atoms with Crippen molar-refractivity contribution in [3.05, 3.63) is 29.8 Å². The number of aliphatic hydroxyl groups excluding tert-OH is 1. The Morgan fingerprint density at radius 1 is 1.33 bits per heavy atom. The lowest BCUT2D eigenvalue weighted by Gasteiger charge is -2.36. The van der Waals surface area contributed by atoms with E-state index >= 15 is 0 Å². The topological polar surface area (TPSA) is 38.7 Å². The molecular formula is C15H22O3. The van der Waals surface area contributed by atoms with Gasteiger partial charge in [-0.3, -0.25) is 0 Å². The molecule has 0 aliphatic carbocycles. The highest BCUT2D eigenvalue weighted by molar-refractivity contribution is 5.32. The normalized spacial score (nSPS) is 19.1. The predicted molar refractivity (Wildman–Crippen MR) is 71.0 cm³/mol. The fourth-order valence-electron chi connectivity index (χ4n) is 2.43. The van der Waals surface area contributed by atoms with E-state index in [1.54, 1.807) is 0 Å². The molecule has 0 amide bonds. The van der Waals surface area contributed by atoms with Crippen molar-refractivity contribution in [1.29, 1.82) is 0 Å². The first-order valence-electron chi connectivity index (χ1n) is 6.60. The Balaban J connectivity index is 2.09. The summed E-state index contributed by atoms with van der Waals surface area (Å²) in [5.41, 5.74) is 0.986. The molecule has 1 aromatic rings. The van der Waals surface area contributed by atoms with Crippen molar-refractivity contribution < 1.29 is 14.6 Å². The van der Waals surface area contributed by atoms with Crippen LogP contribution in [-0.2, 0) is 10.2 Å². The molecule has 1 aliphatic heterocycles. The van der Waals surface area contributed by atoms with Crippen molar-refractivity contribution in [2.45, 2.75) is 25.7 Å². The van der Waals surface area contributed by atoms with Gasteiger partial charge in [0.1, 0.15) is 5.75 Å². The van der Waals surface area contributed by atoms with Gasteiger partial charge >= 0.3 is 0 Å². The number of rotatable bonds is 6. The summed E-state index contributed by atoms with van der Waals surface area (Å²) in [6, 6.07) is 8.06. The van der Waals surface area contributed by atoms with Gasteiger partial charge in [-0.2, -0.15) is 0 Å². The highest BCUT2D eigenvalue weighted by Crippen LogP contribution is 2.34. The first kappa shape index (κ1) is 13.4. The summed E-state index contributed by atoms with van der Waals surface area (Å²) in [4.78, 5) is 0. The molecule has 3 heteroatoms. The fourth-order valence-corrected chi connectivity index (χ4v) is 2.43. The third-order valence-corrected chi connectivity index (χ3v) is 3.66. The second-order valence-corrected chi connectivity index (χ2v) is 5.28. The summed E-state index contributed by atoms with van der Waals surface area (Å²) < 4.78 is 10.6. The van der Waals surface area contributed by atoms with E-state index in [2.05, 4.69) is 19.1 Å². The second-order valence-electron chi connectivity index (χ2n) is 5.28. The molecule has 1 fully saturated rings. The fraction of sp³-hybridized carbons (Fsp3) is 0.600. The van der Waals surface area contributed by atoms with Gasteiger partial charge in [-0.05, 0) is 31.0 Å². The molecule has 100 valence electrons. The van der Waals surface area contributed by atoms with Crippen molar-refractivity contribution >= 4 is 0 Å². The van der Waals surface area contributed by atoms with Gasteiger partial charge in [-0.15, -0.1) is 0 Å². The Kier molecular flexibility index (Phi) is 4.25. The zero-order valence-electron chi connectivity index (χ0n) is 11.2. The van der Waals surface area contributed by atoms with Crippen LogP contribution in [0.5, 0.6) is 5.75 Å². The Morgan fingerprint density at radius 2 is 2.00 bits per heavy atom. The summed E-state index contributed by atoms with van der Waals surface area (Å²) in [6.45, 7) is 6.58. The number of ether oxygens (including phenoxy) is 2. The molecule has 1 aliphatic rings. The summed E-state index contributed by atoms with van der Waals surface area (Å²) in [5, 5.41) is 9.71. The van der Waals surface area contributed by atoms with Gasteiger partial charge in [0.2, 0.25) is 0 Å². The molecule has 0 bridgehead atoms. The molecule has 1 heterocycles. The largest absolute Gasteiger partial charge is 0.494 e. The van der Waals surface area contributed by atoms with Gasteiger partial charge in [0.15, 0.2) is 0 Å². The number of hydrogen-bond donors (Lipinski definition) is 1. The van der Waals surface area contributed by atoms with E-state index in [1.807, 2.05) is 19.1 Å². The van der Waals surface area contributed by atoms with Crippen LogP contribution in [-0.4, -0.2) is 31.5 Å². The average molecular weight is 250 g/mol. The van der Waals surface area contributed by atoms with E-state index in [4.69, 9.17) is 9.47 Å². The summed E-state index contributed by atoms with van der Waals surface area (Å²) in [5.74, 6) is 1.46. The lowest BCUT2D eigenvalue weighted by Crippen LogP contribution is -2.37. The maximum atomic E-state index is 9.71. The quantitative estimate of drug-likeness (QED) is 0.842. The number of hydrogen-bond acceptors (Lipinski definition) is 3. The maximum Gasteiger partial charge on any atom is 0.119 e. The predicted octanol–water partition coefficient (Wildman–Crippen LogP) is 2.37. The highest BCUT2D eigenvalue weighted by Gasteiger charge is 2.32. The molecule has 0 radical (unpaired) electrons. The minimum absolute atomic E-state index is 0.164. The van der Waals surface area contributed by atoms with Gasteiger partial charge < -0.3 is 14.6 Å². The lowest BCUT2D eigenvalue weighted by atomic mass is 9.75. The zero-order chi connectivity index (χ0) is 13.0. The van der Waals surface area contributed by atoms with Crippen LogP contribution in [0.25, 0.3) is 0 Å². The monoisotopic (exact) mass is 250 g/mol. The van der Waals surface area contributed by atoms with Crippen LogP contribution in [0.15, 0.2) is 24.3 Å².